The molecule has 0 fully saturated rings. The number of ether oxygens (including phenoxy) is 1. The average Bonchev–Trinajstić information content (AvgIpc) is 3.13. The van der Waals surface area contributed by atoms with Crippen molar-refractivity contribution in [1.82, 2.24) is 0 Å². The van der Waals surface area contributed by atoms with Crippen molar-refractivity contribution in [3.63, 3.8) is 0 Å². The summed E-state index contributed by atoms with van der Waals surface area (Å²) < 4.78 is 5.24. The number of anilines is 1. The molecular weight excluding hydrogens is 308 g/mol. The Labute approximate surface area is 139 Å². The SMILES string of the molecule is COc1ccc(C2=NCC(=O)N(C)c3sc4c(c32)CCC4)cc1. The maximum Gasteiger partial charge on any atom is 0.249 e. The number of hydrogen-bond acceptors (Lipinski definition) is 4. The zero-order valence-corrected chi connectivity index (χ0v) is 14.1. The molecule has 0 bridgehead atoms. The zero-order valence-electron chi connectivity index (χ0n) is 13.3. The zero-order chi connectivity index (χ0) is 16.0. The highest BCUT2D eigenvalue weighted by molar-refractivity contribution is 7.17. The Kier molecular flexibility index (Phi) is 3.45. The Bertz CT molecular complexity index is 805. The molecule has 2 heterocycles. The van der Waals surface area contributed by atoms with Crippen LogP contribution in [0.3, 0.4) is 0 Å². The first-order chi connectivity index (χ1) is 11.2. The molecule has 0 N–H and O–H groups in total. The van der Waals surface area contributed by atoms with Crippen LogP contribution in [0.15, 0.2) is 29.3 Å². The van der Waals surface area contributed by atoms with Crippen LogP contribution in [0.5, 0.6) is 5.75 Å². The van der Waals surface area contributed by atoms with Crippen molar-refractivity contribution in [3.8, 4) is 5.75 Å². The summed E-state index contributed by atoms with van der Waals surface area (Å²) in [4.78, 5) is 20.1. The molecule has 5 heteroatoms. The highest BCUT2D eigenvalue weighted by Crippen LogP contribution is 2.43. The number of fused-ring (bicyclic) bond motifs is 3. The summed E-state index contributed by atoms with van der Waals surface area (Å²) in [6.45, 7) is 0.202. The number of methoxy groups -OCH3 is 1. The third kappa shape index (κ3) is 2.27. The van der Waals surface area contributed by atoms with Crippen molar-refractivity contribution in [2.24, 2.45) is 4.99 Å². The van der Waals surface area contributed by atoms with Crippen LogP contribution in [0.25, 0.3) is 0 Å². The number of hydrogen-bond donors (Lipinski definition) is 0. The number of aliphatic imine (C=N–C) groups is 1. The largest absolute Gasteiger partial charge is 0.497 e. The molecule has 23 heavy (non-hydrogen) atoms. The van der Waals surface area contributed by atoms with Gasteiger partial charge >= 0.3 is 0 Å². The number of benzene rings is 1. The fraction of sp³-hybridized carbons (Fsp3) is 0.333. The molecule has 1 aromatic carbocycles. The van der Waals surface area contributed by atoms with Gasteiger partial charge in [0.2, 0.25) is 5.91 Å². The second kappa shape index (κ2) is 5.49. The normalized spacial score (nSPS) is 16.7. The van der Waals surface area contributed by atoms with Crippen LogP contribution in [0.2, 0.25) is 0 Å². The topological polar surface area (TPSA) is 41.9 Å². The lowest BCUT2D eigenvalue weighted by atomic mass is 9.99. The van der Waals surface area contributed by atoms with Crippen molar-refractivity contribution >= 4 is 28.0 Å². The molecule has 0 saturated carbocycles. The minimum Gasteiger partial charge on any atom is -0.497 e. The van der Waals surface area contributed by atoms with Crippen LogP contribution in [0.4, 0.5) is 5.00 Å². The van der Waals surface area contributed by atoms with E-state index in [-0.39, 0.29) is 12.5 Å². The lowest BCUT2D eigenvalue weighted by molar-refractivity contribution is -0.116. The van der Waals surface area contributed by atoms with E-state index in [2.05, 4.69) is 4.99 Å². The van der Waals surface area contributed by atoms with Crippen molar-refractivity contribution in [1.29, 1.82) is 0 Å². The number of likely N-dealkylation sites (N-methyl/N-ethyl adjacent to an activating group) is 1. The van der Waals surface area contributed by atoms with E-state index in [4.69, 9.17) is 4.74 Å². The van der Waals surface area contributed by atoms with Gasteiger partial charge in [-0.05, 0) is 49.1 Å². The van der Waals surface area contributed by atoms with E-state index in [0.29, 0.717) is 0 Å². The second-order valence-electron chi connectivity index (χ2n) is 5.88. The standard InChI is InChI=1S/C18H18N2O2S/c1-20-15(21)10-19-17(11-6-8-12(22-2)9-7-11)16-13-4-3-5-14(13)23-18(16)20/h6-9H,3-5,10H2,1-2H3. The number of carbonyl (C=O) groups is 1. The second-order valence-corrected chi connectivity index (χ2v) is 6.97. The molecule has 2 aliphatic rings. The van der Waals surface area contributed by atoms with Crippen LogP contribution in [0, 0.1) is 0 Å². The van der Waals surface area contributed by atoms with Crippen LogP contribution < -0.4 is 9.64 Å². The predicted octanol–water partition coefficient (Wildman–Crippen LogP) is 3.06. The Hall–Kier alpha value is -2.14. The molecule has 0 atom stereocenters. The van der Waals surface area contributed by atoms with E-state index in [9.17, 15) is 4.79 Å². The number of thiophene rings is 1. The summed E-state index contributed by atoms with van der Waals surface area (Å²) in [6, 6.07) is 7.94. The Morgan fingerprint density at radius 2 is 2.00 bits per heavy atom. The fourth-order valence-corrected chi connectivity index (χ4v) is 4.67. The van der Waals surface area contributed by atoms with E-state index in [1.807, 2.05) is 31.3 Å². The fourth-order valence-electron chi connectivity index (χ4n) is 3.30. The van der Waals surface area contributed by atoms with Gasteiger partial charge in [-0.25, -0.2) is 0 Å². The molecule has 0 saturated heterocycles. The van der Waals surface area contributed by atoms with Gasteiger partial charge in [-0.2, -0.15) is 0 Å². The Morgan fingerprint density at radius 3 is 2.74 bits per heavy atom. The molecule has 2 aromatic rings. The minimum absolute atomic E-state index is 0.0506. The molecule has 1 aromatic heterocycles. The van der Waals surface area contributed by atoms with E-state index >= 15 is 0 Å². The van der Waals surface area contributed by atoms with Gasteiger partial charge in [0.25, 0.3) is 0 Å². The smallest absolute Gasteiger partial charge is 0.249 e. The third-order valence-electron chi connectivity index (χ3n) is 4.55. The number of carbonyl (C=O) groups excluding carboxylic acids is 1. The molecule has 0 unspecified atom stereocenters. The molecular formula is C18H18N2O2S. The minimum atomic E-state index is 0.0506. The van der Waals surface area contributed by atoms with Crippen molar-refractivity contribution in [2.45, 2.75) is 19.3 Å². The number of amides is 1. The van der Waals surface area contributed by atoms with Gasteiger partial charge in [0.1, 0.15) is 17.3 Å². The maximum absolute atomic E-state index is 12.3. The molecule has 1 amide bonds. The first-order valence-electron chi connectivity index (χ1n) is 7.79. The van der Waals surface area contributed by atoms with Gasteiger partial charge in [-0.15, -0.1) is 11.3 Å². The van der Waals surface area contributed by atoms with E-state index < -0.39 is 0 Å². The van der Waals surface area contributed by atoms with Crippen LogP contribution in [-0.2, 0) is 17.6 Å². The molecule has 4 rings (SSSR count). The van der Waals surface area contributed by atoms with Crippen molar-refractivity contribution in [2.75, 3.05) is 25.6 Å². The average molecular weight is 326 g/mol. The van der Waals surface area contributed by atoms with Gasteiger partial charge in [-0.1, -0.05) is 0 Å². The predicted molar refractivity (Wildman–Crippen MR) is 93.3 cm³/mol. The first kappa shape index (κ1) is 14.5. The summed E-state index contributed by atoms with van der Waals surface area (Å²) in [5.74, 6) is 0.877. The molecule has 4 nitrogen and oxygen atoms in total. The van der Waals surface area contributed by atoms with Gasteiger partial charge in [0.05, 0.1) is 12.8 Å². The van der Waals surface area contributed by atoms with Gasteiger partial charge in [-0.3, -0.25) is 9.79 Å². The molecule has 0 radical (unpaired) electrons. The van der Waals surface area contributed by atoms with Gasteiger partial charge in [0.15, 0.2) is 0 Å². The van der Waals surface area contributed by atoms with Crippen LogP contribution in [0.1, 0.15) is 28.0 Å². The van der Waals surface area contributed by atoms with Crippen LogP contribution >= 0.6 is 11.3 Å². The van der Waals surface area contributed by atoms with E-state index in [1.165, 1.54) is 22.4 Å². The van der Waals surface area contributed by atoms with E-state index in [1.54, 1.807) is 23.3 Å². The van der Waals surface area contributed by atoms with Gasteiger partial charge in [0, 0.05) is 23.1 Å². The highest BCUT2D eigenvalue weighted by Gasteiger charge is 2.31. The third-order valence-corrected chi connectivity index (χ3v) is 5.92. The van der Waals surface area contributed by atoms with E-state index in [0.717, 1.165) is 34.9 Å². The lowest BCUT2D eigenvalue weighted by Crippen LogP contribution is -2.27. The molecule has 1 aliphatic carbocycles. The first-order valence-corrected chi connectivity index (χ1v) is 8.61. The highest BCUT2D eigenvalue weighted by atomic mass is 32.1. The van der Waals surface area contributed by atoms with Crippen LogP contribution in [-0.4, -0.2) is 32.3 Å². The summed E-state index contributed by atoms with van der Waals surface area (Å²) in [5.41, 5.74) is 4.55. The number of nitrogens with zero attached hydrogens (tertiary/aromatic N) is 2. The summed E-state index contributed by atoms with van der Waals surface area (Å²) in [6.07, 6.45) is 3.39. The quantitative estimate of drug-likeness (QED) is 0.851. The molecule has 1 aliphatic heterocycles. The van der Waals surface area contributed by atoms with Crippen molar-refractivity contribution in [3.05, 3.63) is 45.8 Å². The summed E-state index contributed by atoms with van der Waals surface area (Å²) in [5, 5.41) is 1.05. The van der Waals surface area contributed by atoms with Crippen molar-refractivity contribution < 1.29 is 9.53 Å². The molecule has 0 spiro atoms. The lowest BCUT2D eigenvalue weighted by Gasteiger charge is -2.14. The number of rotatable bonds is 2. The monoisotopic (exact) mass is 326 g/mol. The number of aryl methyl sites for hydroxylation is 1. The van der Waals surface area contributed by atoms with Gasteiger partial charge < -0.3 is 9.64 Å². The maximum atomic E-state index is 12.3. The summed E-state index contributed by atoms with van der Waals surface area (Å²) in [7, 11) is 3.52. The molecule has 118 valence electrons. The Morgan fingerprint density at radius 1 is 1.22 bits per heavy atom. The Balaban J connectivity index is 1.89. The summed E-state index contributed by atoms with van der Waals surface area (Å²) >= 11 is 1.76.